The molecule has 0 aliphatic rings. The first-order chi connectivity index (χ1) is 7.06. The van der Waals surface area contributed by atoms with E-state index in [1.165, 1.54) is 6.08 Å². The van der Waals surface area contributed by atoms with E-state index in [0.717, 1.165) is 16.7 Å². The Kier molecular flexibility index (Phi) is 3.25. The van der Waals surface area contributed by atoms with Gasteiger partial charge in [-0.25, -0.2) is 4.79 Å². The summed E-state index contributed by atoms with van der Waals surface area (Å²) in [5.41, 5.74) is 2.59. The summed E-state index contributed by atoms with van der Waals surface area (Å²) >= 11 is 0. The van der Waals surface area contributed by atoms with E-state index in [4.69, 9.17) is 10.4 Å². The highest BCUT2D eigenvalue weighted by molar-refractivity contribution is 5.96. The van der Waals surface area contributed by atoms with E-state index in [0.29, 0.717) is 0 Å². The first-order valence-electron chi connectivity index (χ1n) is 4.47. The van der Waals surface area contributed by atoms with Crippen LogP contribution in [0, 0.1) is 25.2 Å². The summed E-state index contributed by atoms with van der Waals surface area (Å²) in [6, 6.07) is 7.23. The van der Waals surface area contributed by atoms with Crippen LogP contribution in [0.5, 0.6) is 0 Å². The van der Waals surface area contributed by atoms with Crippen molar-refractivity contribution in [3.63, 3.8) is 0 Å². The monoisotopic (exact) mass is 201 g/mol. The summed E-state index contributed by atoms with van der Waals surface area (Å²) in [4.78, 5) is 10.6. The molecule has 3 nitrogen and oxygen atoms in total. The minimum Gasteiger partial charge on any atom is -0.477 e. The van der Waals surface area contributed by atoms with Crippen molar-refractivity contribution in [2.45, 2.75) is 13.8 Å². The standard InChI is InChI=1S/C12H11NO2/c1-8-4-3-5-10(9(8)2)6-11(7-13)12(14)15/h3-6H,1-2H3,(H,14,15). The number of hydrogen-bond donors (Lipinski definition) is 1. The summed E-state index contributed by atoms with van der Waals surface area (Å²) in [7, 11) is 0. The van der Waals surface area contributed by atoms with E-state index in [1.807, 2.05) is 26.0 Å². The number of nitriles is 1. The van der Waals surface area contributed by atoms with Crippen molar-refractivity contribution in [3.8, 4) is 6.07 Å². The number of hydrogen-bond acceptors (Lipinski definition) is 2. The van der Waals surface area contributed by atoms with Crippen molar-refractivity contribution < 1.29 is 9.90 Å². The molecule has 1 rings (SSSR count). The Balaban J connectivity index is 3.25. The maximum atomic E-state index is 10.6. The van der Waals surface area contributed by atoms with Crippen molar-refractivity contribution in [1.82, 2.24) is 0 Å². The number of carboxylic acids is 1. The summed E-state index contributed by atoms with van der Waals surface area (Å²) in [6.45, 7) is 3.84. The van der Waals surface area contributed by atoms with Crippen LogP contribution in [0.4, 0.5) is 0 Å². The SMILES string of the molecule is Cc1cccc(C=C(C#N)C(=O)O)c1C. The lowest BCUT2D eigenvalue weighted by Gasteiger charge is -2.03. The summed E-state index contributed by atoms with van der Waals surface area (Å²) in [5, 5.41) is 17.3. The second-order valence-corrected chi connectivity index (χ2v) is 3.26. The lowest BCUT2D eigenvalue weighted by molar-refractivity contribution is -0.132. The van der Waals surface area contributed by atoms with E-state index in [-0.39, 0.29) is 5.57 Å². The van der Waals surface area contributed by atoms with Crippen molar-refractivity contribution in [1.29, 1.82) is 5.26 Å². The zero-order valence-corrected chi connectivity index (χ0v) is 8.61. The first kappa shape index (κ1) is 11.0. The number of benzene rings is 1. The summed E-state index contributed by atoms with van der Waals surface area (Å²) in [6.07, 6.45) is 1.39. The van der Waals surface area contributed by atoms with Crippen LogP contribution in [0.25, 0.3) is 6.08 Å². The molecule has 0 saturated carbocycles. The topological polar surface area (TPSA) is 61.1 Å². The molecule has 1 aromatic carbocycles. The van der Waals surface area contributed by atoms with Gasteiger partial charge >= 0.3 is 5.97 Å². The van der Waals surface area contributed by atoms with Gasteiger partial charge in [-0.1, -0.05) is 18.2 Å². The number of nitrogens with zero attached hydrogens (tertiary/aromatic N) is 1. The van der Waals surface area contributed by atoms with Gasteiger partial charge in [0, 0.05) is 0 Å². The average Bonchev–Trinajstić information content (AvgIpc) is 2.19. The molecule has 0 amide bonds. The summed E-state index contributed by atoms with van der Waals surface area (Å²) in [5.74, 6) is -1.20. The quantitative estimate of drug-likeness (QED) is 0.590. The second-order valence-electron chi connectivity index (χ2n) is 3.26. The molecule has 0 aromatic heterocycles. The van der Waals surface area contributed by atoms with Crippen LogP contribution in [-0.2, 0) is 4.79 Å². The predicted molar refractivity (Wildman–Crippen MR) is 57.1 cm³/mol. The van der Waals surface area contributed by atoms with Crippen LogP contribution >= 0.6 is 0 Å². The Morgan fingerprint density at radius 1 is 1.47 bits per heavy atom. The Labute approximate surface area is 88.3 Å². The van der Waals surface area contributed by atoms with Gasteiger partial charge in [0.05, 0.1) is 0 Å². The maximum Gasteiger partial charge on any atom is 0.346 e. The molecular formula is C12H11NO2. The Hall–Kier alpha value is -2.08. The Morgan fingerprint density at radius 3 is 2.67 bits per heavy atom. The fraction of sp³-hybridized carbons (Fsp3) is 0.167. The molecule has 1 N–H and O–H groups in total. The van der Waals surface area contributed by atoms with Crippen LogP contribution in [0.3, 0.4) is 0 Å². The lowest BCUT2D eigenvalue weighted by Crippen LogP contribution is -1.98. The van der Waals surface area contributed by atoms with E-state index in [2.05, 4.69) is 0 Å². The maximum absolute atomic E-state index is 10.6. The molecular weight excluding hydrogens is 190 g/mol. The van der Waals surface area contributed by atoms with Crippen LogP contribution in [0.2, 0.25) is 0 Å². The minimum absolute atomic E-state index is 0.247. The van der Waals surface area contributed by atoms with Crippen molar-refractivity contribution in [3.05, 3.63) is 40.5 Å². The van der Waals surface area contributed by atoms with Gasteiger partial charge in [0.15, 0.2) is 0 Å². The lowest BCUT2D eigenvalue weighted by atomic mass is 10.0. The highest BCUT2D eigenvalue weighted by Gasteiger charge is 2.07. The van der Waals surface area contributed by atoms with E-state index >= 15 is 0 Å². The van der Waals surface area contributed by atoms with Crippen LogP contribution < -0.4 is 0 Å². The van der Waals surface area contributed by atoms with Gasteiger partial charge in [-0.05, 0) is 36.6 Å². The smallest absolute Gasteiger partial charge is 0.346 e. The molecule has 0 fully saturated rings. The molecule has 0 aliphatic carbocycles. The molecule has 1 aromatic rings. The molecule has 0 radical (unpaired) electrons. The fourth-order valence-corrected chi connectivity index (χ4v) is 1.23. The van der Waals surface area contributed by atoms with Crippen molar-refractivity contribution in [2.75, 3.05) is 0 Å². The highest BCUT2D eigenvalue weighted by Crippen LogP contribution is 2.15. The molecule has 0 aliphatic heterocycles. The third kappa shape index (κ3) is 2.44. The van der Waals surface area contributed by atoms with Gasteiger partial charge in [-0.2, -0.15) is 5.26 Å². The summed E-state index contributed by atoms with van der Waals surface area (Å²) < 4.78 is 0. The number of rotatable bonds is 2. The van der Waals surface area contributed by atoms with Gasteiger partial charge in [-0.15, -0.1) is 0 Å². The van der Waals surface area contributed by atoms with Crippen LogP contribution in [0.1, 0.15) is 16.7 Å². The zero-order valence-electron chi connectivity index (χ0n) is 8.61. The second kappa shape index (κ2) is 4.43. The number of aryl methyl sites for hydroxylation is 1. The van der Waals surface area contributed by atoms with Gasteiger partial charge in [-0.3, -0.25) is 0 Å². The van der Waals surface area contributed by atoms with Crippen molar-refractivity contribution in [2.24, 2.45) is 0 Å². The third-order valence-electron chi connectivity index (χ3n) is 2.30. The third-order valence-corrected chi connectivity index (χ3v) is 2.30. The normalized spacial score (nSPS) is 10.9. The van der Waals surface area contributed by atoms with Gasteiger partial charge in [0.2, 0.25) is 0 Å². The number of carbonyl (C=O) groups is 1. The largest absolute Gasteiger partial charge is 0.477 e. The zero-order chi connectivity index (χ0) is 11.4. The Bertz CT molecular complexity index is 467. The predicted octanol–water partition coefficient (Wildman–Crippen LogP) is 2.30. The van der Waals surface area contributed by atoms with E-state index in [9.17, 15) is 4.79 Å². The minimum atomic E-state index is -1.20. The number of carboxylic acid groups (broad SMARTS) is 1. The molecule has 3 heteroatoms. The highest BCUT2D eigenvalue weighted by atomic mass is 16.4. The van der Waals surface area contributed by atoms with E-state index < -0.39 is 5.97 Å². The molecule has 0 atom stereocenters. The van der Waals surface area contributed by atoms with E-state index in [1.54, 1.807) is 12.1 Å². The molecule has 76 valence electrons. The first-order valence-corrected chi connectivity index (χ1v) is 4.47. The number of aliphatic carboxylic acids is 1. The fourth-order valence-electron chi connectivity index (χ4n) is 1.23. The Morgan fingerprint density at radius 2 is 2.13 bits per heavy atom. The van der Waals surface area contributed by atoms with Crippen LogP contribution in [0.15, 0.2) is 23.8 Å². The van der Waals surface area contributed by atoms with Crippen molar-refractivity contribution >= 4 is 12.0 Å². The molecule has 0 spiro atoms. The van der Waals surface area contributed by atoms with Gasteiger partial charge in [0.1, 0.15) is 11.6 Å². The molecule has 0 unspecified atom stereocenters. The van der Waals surface area contributed by atoms with Gasteiger partial charge in [0.25, 0.3) is 0 Å². The molecule has 0 bridgehead atoms. The molecule has 0 heterocycles. The van der Waals surface area contributed by atoms with Crippen LogP contribution in [-0.4, -0.2) is 11.1 Å². The molecule has 0 saturated heterocycles. The molecule has 15 heavy (non-hydrogen) atoms. The van der Waals surface area contributed by atoms with Gasteiger partial charge < -0.3 is 5.11 Å². The average molecular weight is 201 g/mol.